The molecule has 7 heteroatoms. The maximum absolute atomic E-state index is 12.3. The Bertz CT molecular complexity index is 695. The number of carbonyl (C=O) groups is 2. The number of β-amino-alcohol motifs (C(OH)–C–C–N with tert-alkyl or cyclic N) is 1. The van der Waals surface area contributed by atoms with Crippen LogP contribution in [0.1, 0.15) is 12.1 Å². The molecule has 3 rings (SSSR count). The van der Waals surface area contributed by atoms with E-state index in [9.17, 15) is 14.7 Å². The average Bonchev–Trinajstić information content (AvgIpc) is 3.03. The van der Waals surface area contributed by atoms with Gasteiger partial charge < -0.3 is 19.6 Å². The number of benzene rings is 1. The molecule has 1 fully saturated rings. The van der Waals surface area contributed by atoms with Crippen molar-refractivity contribution in [2.24, 2.45) is 0 Å². The minimum atomic E-state index is -1.11. The molecular formula is C14H14N2O5. The van der Waals surface area contributed by atoms with Crippen LogP contribution in [0.4, 0.5) is 0 Å². The highest BCUT2D eigenvalue weighted by atomic mass is 16.5. The molecule has 7 nitrogen and oxygen atoms in total. The first kappa shape index (κ1) is 13.6. The van der Waals surface area contributed by atoms with Gasteiger partial charge in [-0.2, -0.15) is 0 Å². The molecule has 0 radical (unpaired) electrons. The second-order valence-corrected chi connectivity index (χ2v) is 5.09. The van der Waals surface area contributed by atoms with Crippen LogP contribution in [0.3, 0.4) is 0 Å². The van der Waals surface area contributed by atoms with E-state index in [0.29, 0.717) is 11.3 Å². The van der Waals surface area contributed by atoms with Crippen LogP contribution >= 0.6 is 0 Å². The summed E-state index contributed by atoms with van der Waals surface area (Å²) in [5, 5.41) is 23.3. The first-order valence-electron chi connectivity index (χ1n) is 6.60. The number of aliphatic hydroxyl groups excluding tert-OH is 1. The van der Waals surface area contributed by atoms with E-state index in [2.05, 4.69) is 5.16 Å². The van der Waals surface area contributed by atoms with Crippen molar-refractivity contribution in [3.8, 4) is 0 Å². The Morgan fingerprint density at radius 2 is 2.14 bits per heavy atom. The number of amides is 1. The summed E-state index contributed by atoms with van der Waals surface area (Å²) in [4.78, 5) is 24.6. The van der Waals surface area contributed by atoms with Crippen LogP contribution in [-0.4, -0.2) is 50.8 Å². The summed E-state index contributed by atoms with van der Waals surface area (Å²) < 4.78 is 5.12. The Kier molecular flexibility index (Phi) is 3.34. The maximum atomic E-state index is 12.3. The number of aliphatic carboxylic acids is 1. The van der Waals surface area contributed by atoms with Crippen LogP contribution in [0, 0.1) is 0 Å². The van der Waals surface area contributed by atoms with Crippen LogP contribution in [0.2, 0.25) is 0 Å². The molecule has 1 aromatic carbocycles. The largest absolute Gasteiger partial charge is 0.480 e. The Balaban J connectivity index is 1.81. The molecule has 2 atom stereocenters. The molecule has 1 amide bonds. The standard InChI is InChI=1S/C14H14N2O5/c17-8-5-11(14(19)20)16(7-8)13(18)6-10-9-3-1-2-4-12(9)21-15-10/h1-4,8,11,17H,5-7H2,(H,19,20)/t8?,11-/m0/s1. The smallest absolute Gasteiger partial charge is 0.326 e. The first-order chi connectivity index (χ1) is 10.1. The number of aromatic nitrogens is 1. The van der Waals surface area contributed by atoms with Gasteiger partial charge in [0.15, 0.2) is 5.58 Å². The maximum Gasteiger partial charge on any atom is 0.326 e. The zero-order chi connectivity index (χ0) is 15.0. The van der Waals surface area contributed by atoms with Crippen molar-refractivity contribution in [2.75, 3.05) is 6.54 Å². The third-order valence-electron chi connectivity index (χ3n) is 3.66. The molecule has 2 heterocycles. The summed E-state index contributed by atoms with van der Waals surface area (Å²) >= 11 is 0. The Labute approximate surface area is 119 Å². The fraction of sp³-hybridized carbons (Fsp3) is 0.357. The zero-order valence-corrected chi connectivity index (χ0v) is 11.1. The van der Waals surface area contributed by atoms with Gasteiger partial charge in [-0.05, 0) is 12.1 Å². The zero-order valence-electron chi connectivity index (χ0n) is 11.1. The van der Waals surface area contributed by atoms with Crippen molar-refractivity contribution in [3.63, 3.8) is 0 Å². The highest BCUT2D eigenvalue weighted by Crippen LogP contribution is 2.22. The van der Waals surface area contributed by atoms with Crippen molar-refractivity contribution >= 4 is 22.8 Å². The number of aliphatic hydroxyl groups is 1. The van der Waals surface area contributed by atoms with Gasteiger partial charge in [0, 0.05) is 18.4 Å². The highest BCUT2D eigenvalue weighted by Gasteiger charge is 2.39. The second kappa shape index (κ2) is 5.17. The first-order valence-corrected chi connectivity index (χ1v) is 6.60. The molecule has 21 heavy (non-hydrogen) atoms. The highest BCUT2D eigenvalue weighted by molar-refractivity contribution is 5.89. The van der Waals surface area contributed by atoms with E-state index in [1.165, 1.54) is 4.90 Å². The van der Waals surface area contributed by atoms with Crippen LogP contribution in [-0.2, 0) is 16.0 Å². The van der Waals surface area contributed by atoms with Gasteiger partial charge in [0.05, 0.1) is 12.5 Å². The van der Waals surface area contributed by atoms with Gasteiger partial charge in [0.2, 0.25) is 5.91 Å². The van der Waals surface area contributed by atoms with Crippen LogP contribution < -0.4 is 0 Å². The molecular weight excluding hydrogens is 276 g/mol. The third-order valence-corrected chi connectivity index (χ3v) is 3.66. The van der Waals surface area contributed by atoms with Gasteiger partial charge in [-0.3, -0.25) is 4.79 Å². The molecule has 0 bridgehead atoms. The fourth-order valence-corrected chi connectivity index (χ4v) is 2.63. The van der Waals surface area contributed by atoms with Crippen molar-refractivity contribution in [2.45, 2.75) is 25.0 Å². The lowest BCUT2D eigenvalue weighted by molar-refractivity contribution is -0.148. The quantitative estimate of drug-likeness (QED) is 0.849. The molecule has 110 valence electrons. The van der Waals surface area contributed by atoms with E-state index in [1.807, 2.05) is 6.07 Å². The molecule has 0 aliphatic carbocycles. The van der Waals surface area contributed by atoms with Crippen molar-refractivity contribution in [1.82, 2.24) is 10.1 Å². The summed E-state index contributed by atoms with van der Waals surface area (Å²) in [5.74, 6) is -1.48. The number of carboxylic acids is 1. The SMILES string of the molecule is O=C(O)[C@@H]1CC(O)CN1C(=O)Cc1noc2ccccc12. The summed E-state index contributed by atoms with van der Waals surface area (Å²) in [7, 11) is 0. The lowest BCUT2D eigenvalue weighted by Crippen LogP contribution is -2.41. The fourth-order valence-electron chi connectivity index (χ4n) is 2.63. The van der Waals surface area contributed by atoms with Gasteiger partial charge in [-0.1, -0.05) is 17.3 Å². The van der Waals surface area contributed by atoms with Crippen molar-refractivity contribution < 1.29 is 24.3 Å². The number of hydrogen-bond acceptors (Lipinski definition) is 5. The predicted molar refractivity (Wildman–Crippen MR) is 71.5 cm³/mol. The average molecular weight is 290 g/mol. The Morgan fingerprint density at radius 1 is 1.38 bits per heavy atom. The summed E-state index contributed by atoms with van der Waals surface area (Å²) in [6.07, 6.45) is -0.794. The van der Waals surface area contributed by atoms with Gasteiger partial charge in [-0.15, -0.1) is 0 Å². The van der Waals surface area contributed by atoms with E-state index in [4.69, 9.17) is 9.63 Å². The van der Waals surface area contributed by atoms with E-state index in [-0.39, 0.29) is 25.3 Å². The molecule has 1 aliphatic heterocycles. The number of hydrogen-bond donors (Lipinski definition) is 2. The van der Waals surface area contributed by atoms with E-state index >= 15 is 0 Å². The van der Waals surface area contributed by atoms with E-state index in [1.54, 1.807) is 18.2 Å². The molecule has 1 aromatic heterocycles. The number of fused-ring (bicyclic) bond motifs is 1. The normalized spacial score (nSPS) is 21.9. The van der Waals surface area contributed by atoms with E-state index in [0.717, 1.165) is 5.39 Å². The Hall–Kier alpha value is -2.41. The Morgan fingerprint density at radius 3 is 2.90 bits per heavy atom. The number of nitrogens with zero attached hydrogens (tertiary/aromatic N) is 2. The lowest BCUT2D eigenvalue weighted by atomic mass is 10.1. The molecule has 2 N–H and O–H groups in total. The minimum absolute atomic E-state index is 0.0333. The van der Waals surface area contributed by atoms with Crippen molar-refractivity contribution in [1.29, 1.82) is 0 Å². The van der Waals surface area contributed by atoms with Crippen molar-refractivity contribution in [3.05, 3.63) is 30.0 Å². The van der Waals surface area contributed by atoms with E-state index < -0.39 is 18.1 Å². The summed E-state index contributed by atoms with van der Waals surface area (Å²) in [6, 6.07) is 6.17. The summed E-state index contributed by atoms with van der Waals surface area (Å²) in [6.45, 7) is 0.0333. The van der Waals surface area contributed by atoms with Gasteiger partial charge >= 0.3 is 5.97 Å². The number of para-hydroxylation sites is 1. The molecule has 1 aliphatic rings. The molecule has 0 saturated carbocycles. The van der Waals surface area contributed by atoms with Crippen LogP contribution in [0.25, 0.3) is 11.0 Å². The van der Waals surface area contributed by atoms with Gasteiger partial charge in [0.25, 0.3) is 0 Å². The number of likely N-dealkylation sites (tertiary alicyclic amines) is 1. The lowest BCUT2D eigenvalue weighted by Gasteiger charge is -2.20. The molecule has 1 saturated heterocycles. The number of carbonyl (C=O) groups excluding carboxylic acids is 1. The topological polar surface area (TPSA) is 104 Å². The summed E-state index contributed by atoms with van der Waals surface area (Å²) in [5.41, 5.74) is 1.05. The number of carboxylic acid groups (broad SMARTS) is 1. The monoisotopic (exact) mass is 290 g/mol. The minimum Gasteiger partial charge on any atom is -0.480 e. The molecule has 2 aromatic rings. The predicted octanol–water partition coefficient (Wildman–Crippen LogP) is 0.417. The molecule has 0 spiro atoms. The van der Waals surface area contributed by atoms with Crippen LogP contribution in [0.5, 0.6) is 0 Å². The van der Waals surface area contributed by atoms with Gasteiger partial charge in [0.1, 0.15) is 11.7 Å². The third kappa shape index (κ3) is 2.47. The van der Waals surface area contributed by atoms with Gasteiger partial charge in [-0.25, -0.2) is 4.79 Å². The van der Waals surface area contributed by atoms with Crippen LogP contribution in [0.15, 0.2) is 28.8 Å². The second-order valence-electron chi connectivity index (χ2n) is 5.09. The molecule has 1 unspecified atom stereocenters. The number of rotatable bonds is 3.